The van der Waals surface area contributed by atoms with E-state index in [4.69, 9.17) is 0 Å². The standard InChI is InChI=1S/C16H17NO2/c1-10-9-17-15(19)11-5-2-3-6-13(11)16(17)12(10)7-4-8-14(16)18/h2-3,5-6,10,12H,4,7-9H2,1H3. The van der Waals surface area contributed by atoms with Gasteiger partial charge in [-0.2, -0.15) is 0 Å². The van der Waals surface area contributed by atoms with Crippen LogP contribution in [0.5, 0.6) is 0 Å². The first-order valence-corrected chi connectivity index (χ1v) is 7.12. The SMILES string of the molecule is CC1CN2C(=O)c3ccccc3C23C(=O)CCCC13. The highest BCUT2D eigenvalue weighted by Gasteiger charge is 2.64. The van der Waals surface area contributed by atoms with Crippen LogP contribution in [-0.2, 0) is 10.3 Å². The lowest BCUT2D eigenvalue weighted by atomic mass is 9.67. The molecule has 0 bridgehead atoms. The van der Waals surface area contributed by atoms with Gasteiger partial charge >= 0.3 is 0 Å². The summed E-state index contributed by atoms with van der Waals surface area (Å²) in [6.07, 6.45) is 2.64. The van der Waals surface area contributed by atoms with Crippen LogP contribution in [0.4, 0.5) is 0 Å². The second-order valence-corrected chi connectivity index (χ2v) is 6.13. The van der Waals surface area contributed by atoms with Crippen LogP contribution >= 0.6 is 0 Å². The van der Waals surface area contributed by atoms with Crippen molar-refractivity contribution in [1.82, 2.24) is 4.90 Å². The molecular weight excluding hydrogens is 238 g/mol. The van der Waals surface area contributed by atoms with Gasteiger partial charge in [-0.1, -0.05) is 25.1 Å². The number of rotatable bonds is 0. The summed E-state index contributed by atoms with van der Waals surface area (Å²) in [7, 11) is 0. The summed E-state index contributed by atoms with van der Waals surface area (Å²) in [6.45, 7) is 2.91. The Morgan fingerprint density at radius 2 is 2.05 bits per heavy atom. The molecule has 3 aliphatic rings. The van der Waals surface area contributed by atoms with Crippen LogP contribution in [0.2, 0.25) is 0 Å². The maximum absolute atomic E-state index is 12.7. The fraction of sp³-hybridized carbons (Fsp3) is 0.500. The summed E-state index contributed by atoms with van der Waals surface area (Å²) >= 11 is 0. The first-order valence-electron chi connectivity index (χ1n) is 7.12. The van der Waals surface area contributed by atoms with Gasteiger partial charge in [0.2, 0.25) is 0 Å². The van der Waals surface area contributed by atoms with E-state index in [0.717, 1.165) is 30.5 Å². The second-order valence-electron chi connectivity index (χ2n) is 6.13. The lowest BCUT2D eigenvalue weighted by Gasteiger charge is -2.40. The molecule has 1 saturated heterocycles. The zero-order valence-corrected chi connectivity index (χ0v) is 11.1. The van der Waals surface area contributed by atoms with Crippen molar-refractivity contribution in [3.63, 3.8) is 0 Å². The van der Waals surface area contributed by atoms with E-state index in [0.29, 0.717) is 18.3 Å². The maximum Gasteiger partial charge on any atom is 0.255 e. The zero-order chi connectivity index (χ0) is 13.2. The van der Waals surface area contributed by atoms with Crippen molar-refractivity contribution in [2.75, 3.05) is 6.54 Å². The lowest BCUT2D eigenvalue weighted by molar-refractivity contribution is -0.133. The van der Waals surface area contributed by atoms with E-state index in [2.05, 4.69) is 6.92 Å². The van der Waals surface area contributed by atoms with Gasteiger partial charge < -0.3 is 4.90 Å². The van der Waals surface area contributed by atoms with Crippen LogP contribution < -0.4 is 0 Å². The minimum absolute atomic E-state index is 0.0557. The molecule has 1 aliphatic carbocycles. The van der Waals surface area contributed by atoms with E-state index in [1.165, 1.54) is 0 Å². The minimum Gasteiger partial charge on any atom is -0.321 e. The van der Waals surface area contributed by atoms with Gasteiger partial charge in [-0.3, -0.25) is 9.59 Å². The van der Waals surface area contributed by atoms with Gasteiger partial charge in [-0.15, -0.1) is 0 Å². The van der Waals surface area contributed by atoms with Crippen LogP contribution in [0.1, 0.15) is 42.1 Å². The molecule has 1 amide bonds. The number of Topliss-reactive ketones (excluding diaryl/α,β-unsaturated/α-hetero) is 1. The van der Waals surface area contributed by atoms with Gasteiger partial charge in [0, 0.05) is 18.5 Å². The molecule has 4 rings (SSSR count). The van der Waals surface area contributed by atoms with Crippen molar-refractivity contribution in [2.45, 2.75) is 31.7 Å². The van der Waals surface area contributed by atoms with Crippen molar-refractivity contribution in [1.29, 1.82) is 0 Å². The number of hydrogen-bond acceptors (Lipinski definition) is 2. The van der Waals surface area contributed by atoms with Gasteiger partial charge in [-0.25, -0.2) is 0 Å². The quantitative estimate of drug-likeness (QED) is 0.713. The van der Waals surface area contributed by atoms with Crippen molar-refractivity contribution >= 4 is 11.7 Å². The number of amides is 1. The van der Waals surface area contributed by atoms with E-state index in [9.17, 15) is 9.59 Å². The summed E-state index contributed by atoms with van der Waals surface area (Å²) < 4.78 is 0. The molecule has 3 heteroatoms. The van der Waals surface area contributed by atoms with Crippen molar-refractivity contribution in [2.24, 2.45) is 11.8 Å². The largest absolute Gasteiger partial charge is 0.321 e. The van der Waals surface area contributed by atoms with E-state index >= 15 is 0 Å². The molecule has 0 N–H and O–H groups in total. The fourth-order valence-corrected chi connectivity index (χ4v) is 4.58. The normalized spacial score (nSPS) is 36.2. The average Bonchev–Trinajstić information content (AvgIpc) is 2.85. The zero-order valence-electron chi connectivity index (χ0n) is 11.1. The fourth-order valence-electron chi connectivity index (χ4n) is 4.58. The highest BCUT2D eigenvalue weighted by Crippen LogP contribution is 2.56. The highest BCUT2D eigenvalue weighted by atomic mass is 16.2. The van der Waals surface area contributed by atoms with E-state index in [-0.39, 0.29) is 11.7 Å². The number of hydrogen-bond donors (Lipinski definition) is 0. The molecule has 3 atom stereocenters. The third-order valence-corrected chi connectivity index (χ3v) is 5.28. The Hall–Kier alpha value is -1.64. The molecule has 0 aromatic heterocycles. The van der Waals surface area contributed by atoms with Crippen LogP contribution in [0.3, 0.4) is 0 Å². The number of carbonyl (C=O) groups excluding carboxylic acids is 2. The van der Waals surface area contributed by atoms with E-state index in [1.807, 2.05) is 29.2 Å². The Labute approximate surface area is 112 Å². The Morgan fingerprint density at radius 3 is 2.89 bits per heavy atom. The van der Waals surface area contributed by atoms with Crippen molar-refractivity contribution in [3.8, 4) is 0 Å². The number of benzene rings is 1. The summed E-state index contributed by atoms with van der Waals surface area (Å²) in [6, 6.07) is 7.70. The molecule has 2 fully saturated rings. The lowest BCUT2D eigenvalue weighted by Crippen LogP contribution is -2.51. The van der Waals surface area contributed by atoms with E-state index in [1.54, 1.807) is 0 Å². The minimum atomic E-state index is -0.620. The summed E-state index contributed by atoms with van der Waals surface area (Å²) in [5.74, 6) is 1.04. The van der Waals surface area contributed by atoms with Crippen molar-refractivity contribution in [3.05, 3.63) is 35.4 Å². The van der Waals surface area contributed by atoms with Crippen LogP contribution in [0.25, 0.3) is 0 Å². The molecule has 2 aliphatic heterocycles. The number of fused-ring (bicyclic) bond motifs is 1. The third-order valence-electron chi connectivity index (χ3n) is 5.28. The summed E-state index contributed by atoms with van der Waals surface area (Å²) in [5.41, 5.74) is 1.10. The number of nitrogens with zero attached hydrogens (tertiary/aromatic N) is 1. The molecule has 19 heavy (non-hydrogen) atoms. The Morgan fingerprint density at radius 1 is 1.26 bits per heavy atom. The Balaban J connectivity index is 2.02. The third kappa shape index (κ3) is 1.10. The van der Waals surface area contributed by atoms with Crippen LogP contribution in [0.15, 0.2) is 24.3 Å². The number of carbonyl (C=O) groups is 2. The molecule has 1 aromatic rings. The molecule has 2 heterocycles. The topological polar surface area (TPSA) is 37.4 Å². The predicted molar refractivity (Wildman–Crippen MR) is 70.7 cm³/mol. The average molecular weight is 255 g/mol. The first-order chi connectivity index (χ1) is 9.17. The van der Waals surface area contributed by atoms with Crippen LogP contribution in [-0.4, -0.2) is 23.1 Å². The second kappa shape index (κ2) is 3.47. The smallest absolute Gasteiger partial charge is 0.255 e. The summed E-state index contributed by atoms with van der Waals surface area (Å²) in [5, 5.41) is 0. The van der Waals surface area contributed by atoms with Crippen LogP contribution in [0, 0.1) is 11.8 Å². The van der Waals surface area contributed by atoms with Gasteiger partial charge in [0.1, 0.15) is 5.54 Å². The van der Waals surface area contributed by atoms with E-state index < -0.39 is 5.54 Å². The number of ketones is 1. The molecular formula is C16H17NO2. The monoisotopic (exact) mass is 255 g/mol. The Kier molecular flexibility index (Phi) is 2.05. The molecule has 1 spiro atoms. The van der Waals surface area contributed by atoms with Gasteiger partial charge in [-0.05, 0) is 36.3 Å². The van der Waals surface area contributed by atoms with Gasteiger partial charge in [0.15, 0.2) is 5.78 Å². The predicted octanol–water partition coefficient (Wildman–Crippen LogP) is 2.36. The Bertz CT molecular complexity index is 594. The highest BCUT2D eigenvalue weighted by molar-refractivity contribution is 6.08. The first kappa shape index (κ1) is 11.2. The molecule has 98 valence electrons. The van der Waals surface area contributed by atoms with Gasteiger partial charge in [0.25, 0.3) is 5.91 Å². The maximum atomic E-state index is 12.7. The molecule has 1 saturated carbocycles. The molecule has 3 unspecified atom stereocenters. The summed E-state index contributed by atoms with van der Waals surface area (Å²) in [4.78, 5) is 27.2. The molecule has 0 radical (unpaired) electrons. The molecule has 1 aromatic carbocycles. The van der Waals surface area contributed by atoms with Gasteiger partial charge in [0.05, 0.1) is 0 Å². The van der Waals surface area contributed by atoms with Crippen molar-refractivity contribution < 1.29 is 9.59 Å². The molecule has 3 nitrogen and oxygen atoms in total.